The molecule has 0 aliphatic rings. The van der Waals surface area contributed by atoms with Crippen LogP contribution < -0.4 is 10.9 Å². The molecule has 0 radical (unpaired) electrons. The van der Waals surface area contributed by atoms with E-state index < -0.39 is 36.9 Å². The first-order chi connectivity index (χ1) is 7.49. The minimum absolute atomic E-state index is 0.351. The molecule has 4 N–H and O–H groups in total. The van der Waals surface area contributed by atoms with E-state index in [2.05, 4.69) is 10.9 Å². The average molecular weight is 232 g/mol. The molecule has 0 fully saturated rings. The predicted octanol–water partition coefficient (Wildman–Crippen LogP) is -1.83. The van der Waals surface area contributed by atoms with E-state index in [0.29, 0.717) is 12.6 Å². The lowest BCUT2D eigenvalue weighted by Crippen LogP contribution is -2.49. The molecular formula is C8H12N2O6. The summed E-state index contributed by atoms with van der Waals surface area (Å²) in [6.45, 7) is 0. The van der Waals surface area contributed by atoms with Crippen LogP contribution in [0.4, 0.5) is 0 Å². The summed E-state index contributed by atoms with van der Waals surface area (Å²) in [4.78, 5) is 41.3. The van der Waals surface area contributed by atoms with Crippen molar-refractivity contribution in [2.45, 2.75) is 24.9 Å². The van der Waals surface area contributed by atoms with Crippen LogP contribution in [-0.4, -0.2) is 46.8 Å². The van der Waals surface area contributed by atoms with E-state index in [4.69, 9.17) is 10.2 Å². The van der Waals surface area contributed by atoms with Crippen LogP contribution >= 0.6 is 0 Å². The minimum Gasteiger partial charge on any atom is -0.481 e. The van der Waals surface area contributed by atoms with Gasteiger partial charge >= 0.3 is 11.9 Å². The van der Waals surface area contributed by atoms with Crippen LogP contribution in [0.25, 0.3) is 0 Å². The molecule has 0 aromatic heterocycles. The summed E-state index contributed by atoms with van der Waals surface area (Å²) in [5, 5.41) is 16.8. The SMILES string of the molecule is O=C[C@H](CC(=O)O)NN[C@H](C=O)CC(=O)O. The third-order valence-corrected chi connectivity index (χ3v) is 1.57. The van der Waals surface area contributed by atoms with E-state index in [-0.39, 0.29) is 0 Å². The van der Waals surface area contributed by atoms with E-state index in [1.54, 1.807) is 0 Å². The maximum atomic E-state index is 10.4. The molecule has 0 saturated heterocycles. The highest BCUT2D eigenvalue weighted by Gasteiger charge is 2.15. The number of aldehydes is 2. The molecule has 0 aliphatic heterocycles. The molecule has 2 atom stereocenters. The molecular weight excluding hydrogens is 220 g/mol. The number of nitrogens with one attached hydrogen (secondary N) is 2. The summed E-state index contributed by atoms with van der Waals surface area (Å²) in [6, 6.07) is -2.04. The van der Waals surface area contributed by atoms with Gasteiger partial charge in [-0.2, -0.15) is 0 Å². The van der Waals surface area contributed by atoms with Crippen molar-refractivity contribution in [1.82, 2.24) is 10.9 Å². The Morgan fingerprint density at radius 3 is 1.44 bits per heavy atom. The van der Waals surface area contributed by atoms with Crippen LogP contribution in [0.1, 0.15) is 12.8 Å². The first kappa shape index (κ1) is 14.2. The number of hydrogen-bond donors (Lipinski definition) is 4. The highest BCUT2D eigenvalue weighted by atomic mass is 16.4. The second kappa shape index (κ2) is 7.49. The standard InChI is InChI=1S/C8H12N2O6/c11-3-5(1-7(13)14)9-10-6(4-12)2-8(15)16/h3-6,9-10H,1-2H2,(H,13,14)(H,15,16)/t5-,6-/m0/s1. The van der Waals surface area contributed by atoms with Crippen molar-refractivity contribution in [2.24, 2.45) is 0 Å². The van der Waals surface area contributed by atoms with E-state index in [1.165, 1.54) is 0 Å². The van der Waals surface area contributed by atoms with Crippen molar-refractivity contribution in [3.05, 3.63) is 0 Å². The van der Waals surface area contributed by atoms with Crippen molar-refractivity contribution in [3.63, 3.8) is 0 Å². The van der Waals surface area contributed by atoms with E-state index in [0.717, 1.165) is 0 Å². The Kier molecular flexibility index (Phi) is 6.64. The zero-order chi connectivity index (χ0) is 12.6. The quantitative estimate of drug-likeness (QED) is 0.269. The average Bonchev–Trinajstić information content (AvgIpc) is 2.20. The van der Waals surface area contributed by atoms with Crippen LogP contribution in [0, 0.1) is 0 Å². The Balaban J connectivity index is 4.06. The molecule has 0 unspecified atom stereocenters. The van der Waals surface area contributed by atoms with Gasteiger partial charge in [0.1, 0.15) is 12.6 Å². The lowest BCUT2D eigenvalue weighted by molar-refractivity contribution is -0.140. The molecule has 8 nitrogen and oxygen atoms in total. The van der Waals surface area contributed by atoms with Gasteiger partial charge in [-0.25, -0.2) is 10.9 Å². The monoisotopic (exact) mass is 232 g/mol. The molecule has 8 heteroatoms. The number of carboxylic acids is 2. The second-order valence-corrected chi connectivity index (χ2v) is 2.97. The number of carbonyl (C=O) groups excluding carboxylic acids is 2. The molecule has 0 aromatic rings. The van der Waals surface area contributed by atoms with Gasteiger partial charge in [-0.15, -0.1) is 0 Å². The lowest BCUT2D eigenvalue weighted by atomic mass is 10.2. The van der Waals surface area contributed by atoms with E-state index in [1.807, 2.05) is 0 Å². The lowest BCUT2D eigenvalue weighted by Gasteiger charge is -2.15. The number of aliphatic carboxylic acids is 2. The second-order valence-electron chi connectivity index (χ2n) is 2.97. The summed E-state index contributed by atoms with van der Waals surface area (Å²) < 4.78 is 0. The maximum absolute atomic E-state index is 10.4. The molecule has 0 heterocycles. The zero-order valence-corrected chi connectivity index (χ0v) is 8.25. The van der Waals surface area contributed by atoms with Gasteiger partial charge in [0.15, 0.2) is 0 Å². The molecule has 90 valence electrons. The van der Waals surface area contributed by atoms with Crippen molar-refractivity contribution < 1.29 is 29.4 Å². The van der Waals surface area contributed by atoms with Gasteiger partial charge in [0.05, 0.1) is 24.9 Å². The van der Waals surface area contributed by atoms with Crippen molar-refractivity contribution in [2.75, 3.05) is 0 Å². The summed E-state index contributed by atoms with van der Waals surface area (Å²) in [5.74, 6) is -2.38. The van der Waals surface area contributed by atoms with E-state index >= 15 is 0 Å². The smallest absolute Gasteiger partial charge is 0.305 e. The predicted molar refractivity (Wildman–Crippen MR) is 50.5 cm³/mol. The number of hydrazine groups is 1. The summed E-state index contributed by atoms with van der Waals surface area (Å²) in [6.07, 6.45) is -0.224. The van der Waals surface area contributed by atoms with Gasteiger partial charge < -0.3 is 19.8 Å². The minimum atomic E-state index is -1.19. The Hall–Kier alpha value is -1.80. The molecule has 0 amide bonds. The molecule has 0 rings (SSSR count). The summed E-state index contributed by atoms with van der Waals surface area (Å²) in [5.41, 5.74) is 4.53. The fourth-order valence-electron chi connectivity index (χ4n) is 0.857. The summed E-state index contributed by atoms with van der Waals surface area (Å²) in [7, 11) is 0. The van der Waals surface area contributed by atoms with Crippen molar-refractivity contribution in [3.8, 4) is 0 Å². The van der Waals surface area contributed by atoms with Crippen LogP contribution in [0.3, 0.4) is 0 Å². The molecule has 0 aliphatic carbocycles. The third kappa shape index (κ3) is 6.62. The first-order valence-corrected chi connectivity index (χ1v) is 4.34. The third-order valence-electron chi connectivity index (χ3n) is 1.57. The Morgan fingerprint density at radius 1 is 0.938 bits per heavy atom. The number of carboxylic acid groups (broad SMARTS) is 2. The normalized spacial score (nSPS) is 13.8. The Bertz CT molecular complexity index is 252. The number of carbonyl (C=O) groups is 4. The number of hydrogen-bond acceptors (Lipinski definition) is 6. The van der Waals surface area contributed by atoms with Crippen molar-refractivity contribution in [1.29, 1.82) is 0 Å². The van der Waals surface area contributed by atoms with Gasteiger partial charge in [0, 0.05) is 0 Å². The Labute approximate surface area is 90.6 Å². The van der Waals surface area contributed by atoms with Gasteiger partial charge in [0.25, 0.3) is 0 Å². The van der Waals surface area contributed by atoms with Gasteiger partial charge in [-0.05, 0) is 0 Å². The Morgan fingerprint density at radius 2 is 1.25 bits per heavy atom. The maximum Gasteiger partial charge on any atom is 0.305 e. The first-order valence-electron chi connectivity index (χ1n) is 4.34. The highest BCUT2D eigenvalue weighted by Crippen LogP contribution is 1.90. The topological polar surface area (TPSA) is 133 Å². The van der Waals surface area contributed by atoms with Gasteiger partial charge in [-0.1, -0.05) is 0 Å². The highest BCUT2D eigenvalue weighted by molar-refractivity contribution is 5.74. The fourth-order valence-corrected chi connectivity index (χ4v) is 0.857. The van der Waals surface area contributed by atoms with Crippen LogP contribution in [0.5, 0.6) is 0 Å². The molecule has 0 spiro atoms. The molecule has 0 saturated carbocycles. The largest absolute Gasteiger partial charge is 0.481 e. The zero-order valence-electron chi connectivity index (χ0n) is 8.25. The molecule has 0 aromatic carbocycles. The van der Waals surface area contributed by atoms with Crippen molar-refractivity contribution >= 4 is 24.5 Å². The number of rotatable bonds is 9. The van der Waals surface area contributed by atoms with Crippen LogP contribution in [0.2, 0.25) is 0 Å². The van der Waals surface area contributed by atoms with Gasteiger partial charge in [0.2, 0.25) is 0 Å². The molecule has 16 heavy (non-hydrogen) atoms. The van der Waals surface area contributed by atoms with Gasteiger partial charge in [-0.3, -0.25) is 9.59 Å². The summed E-state index contributed by atoms with van der Waals surface area (Å²) >= 11 is 0. The molecule has 0 bridgehead atoms. The fraction of sp³-hybridized carbons (Fsp3) is 0.500. The van der Waals surface area contributed by atoms with Crippen LogP contribution in [0.15, 0.2) is 0 Å². The van der Waals surface area contributed by atoms with Crippen LogP contribution in [-0.2, 0) is 19.2 Å². The van der Waals surface area contributed by atoms with E-state index in [9.17, 15) is 19.2 Å².